The molecule has 5 heteroatoms. The van der Waals surface area contributed by atoms with Crippen LogP contribution in [0.2, 0.25) is 0 Å². The van der Waals surface area contributed by atoms with Crippen molar-refractivity contribution < 1.29 is 9.59 Å². The van der Waals surface area contributed by atoms with Gasteiger partial charge in [0.2, 0.25) is 11.8 Å². The first-order valence-corrected chi connectivity index (χ1v) is 6.42. The SMILES string of the molecule is CC(=O)Nc1ccc(NC(=O)CCn2cccc2)cc1. The van der Waals surface area contributed by atoms with Crippen LogP contribution in [0.5, 0.6) is 0 Å². The Bertz CT molecular complexity index is 574. The standard InChI is InChI=1S/C15H17N3O2/c1-12(19)16-13-4-6-14(7-5-13)17-15(20)8-11-18-9-2-3-10-18/h2-7,9-10H,8,11H2,1H3,(H,16,19)(H,17,20). The number of anilines is 2. The lowest BCUT2D eigenvalue weighted by Crippen LogP contribution is -2.14. The lowest BCUT2D eigenvalue weighted by Gasteiger charge is -2.07. The molecule has 5 nitrogen and oxygen atoms in total. The Morgan fingerprint density at radius 2 is 1.55 bits per heavy atom. The first kappa shape index (κ1) is 13.9. The average molecular weight is 271 g/mol. The number of amides is 2. The summed E-state index contributed by atoms with van der Waals surface area (Å²) < 4.78 is 1.96. The Kier molecular flexibility index (Phi) is 4.55. The van der Waals surface area contributed by atoms with E-state index in [0.717, 1.165) is 5.69 Å². The summed E-state index contributed by atoms with van der Waals surface area (Å²) in [6.07, 6.45) is 4.27. The maximum Gasteiger partial charge on any atom is 0.226 e. The van der Waals surface area contributed by atoms with Crippen LogP contribution in [0.3, 0.4) is 0 Å². The molecular formula is C15H17N3O2. The predicted molar refractivity (Wildman–Crippen MR) is 78.4 cm³/mol. The van der Waals surface area contributed by atoms with Gasteiger partial charge in [-0.3, -0.25) is 9.59 Å². The first-order chi connectivity index (χ1) is 9.63. The lowest BCUT2D eigenvalue weighted by molar-refractivity contribution is -0.116. The summed E-state index contributed by atoms with van der Waals surface area (Å²) in [5, 5.41) is 5.49. The third-order valence-corrected chi connectivity index (χ3v) is 2.75. The van der Waals surface area contributed by atoms with Crippen LogP contribution < -0.4 is 10.6 Å². The van der Waals surface area contributed by atoms with Gasteiger partial charge in [0.05, 0.1) is 0 Å². The van der Waals surface area contributed by atoms with E-state index in [1.54, 1.807) is 24.3 Å². The van der Waals surface area contributed by atoms with Gasteiger partial charge in [-0.15, -0.1) is 0 Å². The Hall–Kier alpha value is -2.56. The molecular weight excluding hydrogens is 254 g/mol. The minimum atomic E-state index is -0.117. The van der Waals surface area contributed by atoms with Gasteiger partial charge in [-0.05, 0) is 36.4 Å². The molecule has 0 bridgehead atoms. The van der Waals surface area contributed by atoms with E-state index in [-0.39, 0.29) is 11.8 Å². The van der Waals surface area contributed by atoms with Crippen molar-refractivity contribution in [2.75, 3.05) is 10.6 Å². The second-order valence-electron chi connectivity index (χ2n) is 4.48. The minimum absolute atomic E-state index is 0.0361. The number of carbonyl (C=O) groups excluding carboxylic acids is 2. The van der Waals surface area contributed by atoms with E-state index in [9.17, 15) is 9.59 Å². The summed E-state index contributed by atoms with van der Waals surface area (Å²) in [6.45, 7) is 2.11. The van der Waals surface area contributed by atoms with Gasteiger partial charge in [-0.1, -0.05) is 0 Å². The molecule has 0 unspecified atom stereocenters. The molecule has 104 valence electrons. The summed E-state index contributed by atoms with van der Waals surface area (Å²) in [6, 6.07) is 10.9. The van der Waals surface area contributed by atoms with Crippen LogP contribution in [-0.2, 0) is 16.1 Å². The summed E-state index contributed by atoms with van der Waals surface area (Å²) in [7, 11) is 0. The number of nitrogens with one attached hydrogen (secondary N) is 2. The zero-order chi connectivity index (χ0) is 14.4. The van der Waals surface area contributed by atoms with Crippen molar-refractivity contribution in [2.45, 2.75) is 19.9 Å². The molecule has 0 saturated carbocycles. The number of rotatable bonds is 5. The highest BCUT2D eigenvalue weighted by molar-refractivity contribution is 5.92. The Balaban J connectivity index is 1.83. The number of hydrogen-bond donors (Lipinski definition) is 2. The van der Waals surface area contributed by atoms with Crippen molar-refractivity contribution in [3.05, 3.63) is 48.8 Å². The summed E-state index contributed by atoms with van der Waals surface area (Å²) in [4.78, 5) is 22.7. The van der Waals surface area contributed by atoms with Gasteiger partial charge < -0.3 is 15.2 Å². The first-order valence-electron chi connectivity index (χ1n) is 6.42. The summed E-state index contributed by atoms with van der Waals surface area (Å²) >= 11 is 0. The number of aromatic nitrogens is 1. The highest BCUT2D eigenvalue weighted by Gasteiger charge is 2.03. The van der Waals surface area contributed by atoms with E-state index >= 15 is 0 Å². The molecule has 1 heterocycles. The molecule has 20 heavy (non-hydrogen) atoms. The minimum Gasteiger partial charge on any atom is -0.354 e. The molecule has 1 aromatic heterocycles. The normalized spacial score (nSPS) is 10.1. The highest BCUT2D eigenvalue weighted by atomic mass is 16.2. The molecule has 0 aliphatic carbocycles. The monoisotopic (exact) mass is 271 g/mol. The highest BCUT2D eigenvalue weighted by Crippen LogP contribution is 2.13. The number of benzene rings is 1. The van der Waals surface area contributed by atoms with Crippen LogP contribution in [0, 0.1) is 0 Å². The Morgan fingerprint density at radius 1 is 1.00 bits per heavy atom. The molecule has 2 amide bonds. The fourth-order valence-corrected chi connectivity index (χ4v) is 1.81. The third kappa shape index (κ3) is 4.28. The maximum absolute atomic E-state index is 11.8. The van der Waals surface area contributed by atoms with Crippen molar-refractivity contribution in [2.24, 2.45) is 0 Å². The third-order valence-electron chi connectivity index (χ3n) is 2.75. The number of carbonyl (C=O) groups is 2. The van der Waals surface area contributed by atoms with Gasteiger partial charge in [0.15, 0.2) is 0 Å². The molecule has 2 N–H and O–H groups in total. The molecule has 0 fully saturated rings. The van der Waals surface area contributed by atoms with Gasteiger partial charge >= 0.3 is 0 Å². The maximum atomic E-state index is 11.8. The van der Waals surface area contributed by atoms with Gasteiger partial charge in [0.25, 0.3) is 0 Å². The molecule has 2 aromatic rings. The molecule has 0 radical (unpaired) electrons. The fourth-order valence-electron chi connectivity index (χ4n) is 1.81. The lowest BCUT2D eigenvalue weighted by atomic mass is 10.2. The van der Waals surface area contributed by atoms with Crippen molar-refractivity contribution in [3.8, 4) is 0 Å². The number of hydrogen-bond acceptors (Lipinski definition) is 2. The summed E-state index contributed by atoms with van der Waals surface area (Å²) in [5.41, 5.74) is 1.43. The van der Waals surface area contributed by atoms with Crippen LogP contribution >= 0.6 is 0 Å². The van der Waals surface area contributed by atoms with Gasteiger partial charge in [-0.2, -0.15) is 0 Å². The Labute approximate surface area is 117 Å². The largest absolute Gasteiger partial charge is 0.354 e. The molecule has 0 spiro atoms. The second-order valence-corrected chi connectivity index (χ2v) is 4.48. The van der Waals surface area contributed by atoms with Crippen LogP contribution in [0.25, 0.3) is 0 Å². The van der Waals surface area contributed by atoms with E-state index in [1.165, 1.54) is 6.92 Å². The number of aryl methyl sites for hydroxylation is 1. The van der Waals surface area contributed by atoms with Crippen molar-refractivity contribution in [3.63, 3.8) is 0 Å². The predicted octanol–water partition coefficient (Wildman–Crippen LogP) is 2.48. The smallest absolute Gasteiger partial charge is 0.226 e. The molecule has 0 saturated heterocycles. The van der Waals surface area contributed by atoms with E-state index in [1.807, 2.05) is 29.1 Å². The zero-order valence-corrected chi connectivity index (χ0v) is 11.3. The van der Waals surface area contributed by atoms with Gasteiger partial charge in [-0.25, -0.2) is 0 Å². The number of nitrogens with zero attached hydrogens (tertiary/aromatic N) is 1. The van der Waals surface area contributed by atoms with Gasteiger partial charge in [0.1, 0.15) is 0 Å². The molecule has 0 aliphatic rings. The van der Waals surface area contributed by atoms with Crippen LogP contribution in [0.1, 0.15) is 13.3 Å². The fraction of sp³-hybridized carbons (Fsp3) is 0.200. The van der Waals surface area contributed by atoms with Crippen molar-refractivity contribution >= 4 is 23.2 Å². The molecule has 2 rings (SSSR count). The average Bonchev–Trinajstić information content (AvgIpc) is 2.91. The topological polar surface area (TPSA) is 63.1 Å². The molecule has 0 aliphatic heterocycles. The van der Waals surface area contributed by atoms with E-state index in [4.69, 9.17) is 0 Å². The van der Waals surface area contributed by atoms with Crippen molar-refractivity contribution in [1.29, 1.82) is 0 Å². The van der Waals surface area contributed by atoms with E-state index < -0.39 is 0 Å². The van der Waals surface area contributed by atoms with E-state index in [2.05, 4.69) is 10.6 Å². The second kappa shape index (κ2) is 6.56. The quantitative estimate of drug-likeness (QED) is 0.877. The van der Waals surface area contributed by atoms with Crippen LogP contribution in [0.4, 0.5) is 11.4 Å². The van der Waals surface area contributed by atoms with E-state index in [0.29, 0.717) is 18.7 Å². The zero-order valence-electron chi connectivity index (χ0n) is 11.3. The Morgan fingerprint density at radius 3 is 2.10 bits per heavy atom. The van der Waals surface area contributed by atoms with Crippen LogP contribution in [0.15, 0.2) is 48.8 Å². The van der Waals surface area contributed by atoms with Gasteiger partial charge in [0, 0.05) is 43.7 Å². The van der Waals surface area contributed by atoms with Crippen molar-refractivity contribution in [1.82, 2.24) is 4.57 Å². The summed E-state index contributed by atoms with van der Waals surface area (Å²) in [5.74, 6) is -0.153. The molecule has 1 aromatic carbocycles. The molecule has 0 atom stereocenters. The van der Waals surface area contributed by atoms with Crippen LogP contribution in [-0.4, -0.2) is 16.4 Å².